The van der Waals surface area contributed by atoms with Crippen LogP contribution in [0.15, 0.2) is 54.1 Å². The fraction of sp³-hybridized carbons (Fsp3) is 0.111. The van der Waals surface area contributed by atoms with Crippen LogP contribution in [0, 0.1) is 18.3 Å². The van der Waals surface area contributed by atoms with Crippen LogP contribution in [0.2, 0.25) is 0 Å². The molecule has 2 rings (SSSR count). The molecule has 2 aromatic carbocycles. The Morgan fingerprint density at radius 3 is 2.73 bits per heavy atom. The molecular weight excluding hydrogens is 278 g/mol. The lowest BCUT2D eigenvalue weighted by molar-refractivity contribution is -0.132. The van der Waals surface area contributed by atoms with E-state index in [1.54, 1.807) is 30.3 Å². The molecule has 0 atom stereocenters. The highest BCUT2D eigenvalue weighted by molar-refractivity contribution is 5.96. The van der Waals surface area contributed by atoms with Gasteiger partial charge < -0.3 is 9.84 Å². The highest BCUT2D eigenvalue weighted by Crippen LogP contribution is 2.18. The highest BCUT2D eigenvalue weighted by atomic mass is 16.5. The molecule has 4 heteroatoms. The highest BCUT2D eigenvalue weighted by Gasteiger charge is 2.06. The normalized spacial score (nSPS) is 10.8. The zero-order chi connectivity index (χ0) is 15.9. The van der Waals surface area contributed by atoms with E-state index in [1.165, 1.54) is 6.08 Å². The summed E-state index contributed by atoms with van der Waals surface area (Å²) in [5.41, 5.74) is 2.54. The molecule has 0 aromatic heterocycles. The predicted molar refractivity (Wildman–Crippen MR) is 83.2 cm³/mol. The Hall–Kier alpha value is -3.06. The number of hydrogen-bond acceptors (Lipinski definition) is 3. The quantitative estimate of drug-likeness (QED) is 0.676. The van der Waals surface area contributed by atoms with E-state index >= 15 is 0 Å². The van der Waals surface area contributed by atoms with Gasteiger partial charge in [0.25, 0.3) is 0 Å². The monoisotopic (exact) mass is 293 g/mol. The average molecular weight is 293 g/mol. The molecule has 0 spiro atoms. The van der Waals surface area contributed by atoms with Crippen molar-refractivity contribution in [3.05, 3.63) is 70.8 Å². The van der Waals surface area contributed by atoms with Crippen LogP contribution in [0.25, 0.3) is 6.08 Å². The van der Waals surface area contributed by atoms with Crippen LogP contribution in [-0.4, -0.2) is 11.1 Å². The molecule has 0 amide bonds. The predicted octanol–water partition coefficient (Wildman–Crippen LogP) is 3.57. The van der Waals surface area contributed by atoms with E-state index in [0.717, 1.165) is 11.1 Å². The van der Waals surface area contributed by atoms with E-state index < -0.39 is 5.97 Å². The third kappa shape index (κ3) is 3.97. The van der Waals surface area contributed by atoms with Crippen LogP contribution in [-0.2, 0) is 11.4 Å². The number of carboxylic acids is 1. The zero-order valence-electron chi connectivity index (χ0n) is 12.1. The lowest BCUT2D eigenvalue weighted by Gasteiger charge is -2.09. The van der Waals surface area contributed by atoms with Crippen LogP contribution in [0.3, 0.4) is 0 Å². The fourth-order valence-corrected chi connectivity index (χ4v) is 1.94. The fourth-order valence-electron chi connectivity index (χ4n) is 1.94. The topological polar surface area (TPSA) is 70.3 Å². The van der Waals surface area contributed by atoms with Crippen molar-refractivity contribution in [2.75, 3.05) is 0 Å². The molecule has 4 nitrogen and oxygen atoms in total. The number of nitriles is 1. The second-order valence-corrected chi connectivity index (χ2v) is 4.76. The van der Waals surface area contributed by atoms with Gasteiger partial charge in [0, 0.05) is 0 Å². The molecular formula is C18H15NO3. The lowest BCUT2D eigenvalue weighted by Crippen LogP contribution is -1.99. The molecule has 2 aromatic rings. The molecule has 0 aliphatic carbocycles. The minimum atomic E-state index is -1.24. The van der Waals surface area contributed by atoms with E-state index in [0.29, 0.717) is 17.9 Å². The second-order valence-electron chi connectivity index (χ2n) is 4.76. The smallest absolute Gasteiger partial charge is 0.346 e. The van der Waals surface area contributed by atoms with Crippen molar-refractivity contribution in [3.63, 3.8) is 0 Å². The van der Waals surface area contributed by atoms with Gasteiger partial charge in [-0.15, -0.1) is 0 Å². The number of aliphatic carboxylic acids is 1. The van der Waals surface area contributed by atoms with Crippen LogP contribution in [0.1, 0.15) is 16.7 Å². The molecule has 0 aliphatic rings. The minimum absolute atomic E-state index is 0.309. The van der Waals surface area contributed by atoms with E-state index in [4.69, 9.17) is 15.1 Å². The van der Waals surface area contributed by atoms with E-state index in [-0.39, 0.29) is 5.57 Å². The summed E-state index contributed by atoms with van der Waals surface area (Å²) >= 11 is 0. The Labute approximate surface area is 128 Å². The molecule has 0 saturated heterocycles. The number of hydrogen-bond donors (Lipinski definition) is 1. The Morgan fingerprint density at radius 2 is 2.05 bits per heavy atom. The van der Waals surface area contributed by atoms with Crippen molar-refractivity contribution in [2.45, 2.75) is 13.5 Å². The van der Waals surface area contributed by atoms with Gasteiger partial charge >= 0.3 is 5.97 Å². The van der Waals surface area contributed by atoms with Gasteiger partial charge in [0.05, 0.1) is 0 Å². The number of ether oxygens (including phenoxy) is 1. The number of nitrogens with zero attached hydrogens (tertiary/aromatic N) is 1. The van der Waals surface area contributed by atoms with Gasteiger partial charge in [-0.05, 0) is 41.8 Å². The van der Waals surface area contributed by atoms with E-state index in [2.05, 4.69) is 0 Å². The van der Waals surface area contributed by atoms with Gasteiger partial charge in [0.1, 0.15) is 24.0 Å². The first-order valence-electron chi connectivity index (χ1n) is 6.72. The first kappa shape index (κ1) is 15.3. The van der Waals surface area contributed by atoms with Gasteiger partial charge in [-0.25, -0.2) is 4.79 Å². The number of rotatable bonds is 5. The first-order valence-corrected chi connectivity index (χ1v) is 6.72. The van der Waals surface area contributed by atoms with Gasteiger partial charge in [-0.2, -0.15) is 5.26 Å². The molecule has 1 N–H and O–H groups in total. The van der Waals surface area contributed by atoms with Crippen molar-refractivity contribution in [1.29, 1.82) is 5.26 Å². The largest absolute Gasteiger partial charge is 0.489 e. The molecule has 22 heavy (non-hydrogen) atoms. The van der Waals surface area contributed by atoms with Gasteiger partial charge in [0.15, 0.2) is 0 Å². The molecule has 110 valence electrons. The Balaban J connectivity index is 2.14. The minimum Gasteiger partial charge on any atom is -0.489 e. The van der Waals surface area contributed by atoms with Crippen LogP contribution >= 0.6 is 0 Å². The second kappa shape index (κ2) is 7.09. The summed E-state index contributed by atoms with van der Waals surface area (Å²) in [6.07, 6.45) is 1.32. The van der Waals surface area contributed by atoms with Crippen LogP contribution in [0.5, 0.6) is 5.75 Å². The lowest BCUT2D eigenvalue weighted by atomic mass is 10.1. The Bertz CT molecular complexity index is 757. The van der Waals surface area contributed by atoms with Gasteiger partial charge in [-0.3, -0.25) is 0 Å². The summed E-state index contributed by atoms with van der Waals surface area (Å²) < 4.78 is 5.73. The molecule has 0 unspecified atom stereocenters. The number of aryl methyl sites for hydroxylation is 1. The summed E-state index contributed by atoms with van der Waals surface area (Å²) in [6.45, 7) is 2.45. The third-order valence-corrected chi connectivity index (χ3v) is 3.18. The zero-order valence-corrected chi connectivity index (χ0v) is 12.1. The van der Waals surface area contributed by atoms with E-state index in [9.17, 15) is 4.79 Å². The van der Waals surface area contributed by atoms with Crippen molar-refractivity contribution >= 4 is 12.0 Å². The maximum absolute atomic E-state index is 10.8. The van der Waals surface area contributed by atoms with Gasteiger partial charge in [0.2, 0.25) is 0 Å². The standard InChI is InChI=1S/C18H15NO3/c1-13-5-2-3-7-15(13)12-22-17-8-4-6-14(10-17)9-16(11-19)18(20)21/h2-10H,12H2,1H3,(H,20,21). The van der Waals surface area contributed by atoms with Crippen molar-refractivity contribution < 1.29 is 14.6 Å². The summed E-state index contributed by atoms with van der Waals surface area (Å²) in [6, 6.07) is 16.6. The van der Waals surface area contributed by atoms with Crippen LogP contribution in [0.4, 0.5) is 0 Å². The Kier molecular flexibility index (Phi) is 4.94. The van der Waals surface area contributed by atoms with Gasteiger partial charge in [-0.1, -0.05) is 36.4 Å². The average Bonchev–Trinajstić information content (AvgIpc) is 2.52. The SMILES string of the molecule is Cc1ccccc1COc1cccc(C=C(C#N)C(=O)O)c1. The number of benzene rings is 2. The number of carboxylic acid groups (broad SMARTS) is 1. The maximum Gasteiger partial charge on any atom is 0.346 e. The summed E-state index contributed by atoms with van der Waals surface area (Å²) in [5.74, 6) is -0.617. The first-order chi connectivity index (χ1) is 10.6. The summed E-state index contributed by atoms with van der Waals surface area (Å²) in [4.78, 5) is 10.8. The summed E-state index contributed by atoms with van der Waals surface area (Å²) in [7, 11) is 0. The van der Waals surface area contributed by atoms with E-state index in [1.807, 2.05) is 31.2 Å². The van der Waals surface area contributed by atoms with Crippen molar-refractivity contribution in [2.24, 2.45) is 0 Å². The third-order valence-electron chi connectivity index (χ3n) is 3.18. The molecule has 0 heterocycles. The molecule has 0 radical (unpaired) electrons. The molecule has 0 bridgehead atoms. The molecule has 0 saturated carbocycles. The maximum atomic E-state index is 10.8. The van der Waals surface area contributed by atoms with Crippen molar-refractivity contribution in [3.8, 4) is 11.8 Å². The Morgan fingerprint density at radius 1 is 1.27 bits per heavy atom. The molecule has 0 aliphatic heterocycles. The summed E-state index contributed by atoms with van der Waals surface area (Å²) in [5, 5.41) is 17.6. The number of carbonyl (C=O) groups is 1. The molecule has 0 fully saturated rings. The van der Waals surface area contributed by atoms with Crippen LogP contribution < -0.4 is 4.74 Å². The van der Waals surface area contributed by atoms with Crippen molar-refractivity contribution in [1.82, 2.24) is 0 Å².